The molecule has 15 aliphatic rings. The Balaban J connectivity index is 0.000000117. The van der Waals surface area contributed by atoms with E-state index in [-0.39, 0.29) is 32.1 Å². The second-order valence-corrected chi connectivity index (χ2v) is 49.0. The summed E-state index contributed by atoms with van der Waals surface area (Å²) in [6, 6.07) is 15.8. The van der Waals surface area contributed by atoms with Gasteiger partial charge < -0.3 is 46.6 Å². The molecule has 5 atom stereocenters. The van der Waals surface area contributed by atoms with E-state index in [0.717, 1.165) is 263 Å². The third-order valence-corrected chi connectivity index (χ3v) is 39.0. The predicted octanol–water partition coefficient (Wildman–Crippen LogP) is 11.5. The number of halogens is 1. The number of amides is 11. The lowest BCUT2D eigenvalue weighted by molar-refractivity contribution is -0.127. The molecule has 5 heterocycles. The molecule has 10 aliphatic carbocycles. The van der Waals surface area contributed by atoms with E-state index in [1.807, 2.05) is 48.0 Å². The summed E-state index contributed by atoms with van der Waals surface area (Å²) in [5, 5.41) is 14.4. The number of likely N-dealkylation sites (tertiary alicyclic amines) is 4. The molecule has 6 aromatic rings. The number of carbonyl (C=O) groups excluding carboxylic acids is 6. The smallest absolute Gasteiger partial charge is 0.332 e. The van der Waals surface area contributed by atoms with Crippen LogP contribution in [0.1, 0.15) is 227 Å². The van der Waals surface area contributed by atoms with E-state index in [1.54, 1.807) is 0 Å². The molecule has 730 valence electrons. The molecule has 135 heavy (non-hydrogen) atoms. The van der Waals surface area contributed by atoms with Gasteiger partial charge in [0.05, 0.1) is 21.0 Å². The van der Waals surface area contributed by atoms with E-state index >= 15 is 0 Å². The van der Waals surface area contributed by atoms with Crippen molar-refractivity contribution in [2.75, 3.05) is 118 Å². The van der Waals surface area contributed by atoms with Crippen molar-refractivity contribution in [2.45, 2.75) is 271 Å². The van der Waals surface area contributed by atoms with E-state index in [2.05, 4.69) is 90.7 Å². The number of alkyl halides is 1. The molecule has 0 bridgehead atoms. The van der Waals surface area contributed by atoms with Gasteiger partial charge in [-0.25, -0.2) is 94.1 Å². The summed E-state index contributed by atoms with van der Waals surface area (Å²) in [7, 11) is -16.8. The molecule has 11 amide bonds. The molecule has 4 saturated heterocycles. The fourth-order valence-electron chi connectivity index (χ4n) is 23.6. The summed E-state index contributed by atoms with van der Waals surface area (Å²) in [6.45, 7) is 8.28. The minimum absolute atomic E-state index is 0.133. The Morgan fingerprint density at radius 1 is 0.341 bits per heavy atom. The van der Waals surface area contributed by atoms with Crippen LogP contribution in [0.25, 0.3) is 0 Å². The zero-order valence-electron chi connectivity index (χ0n) is 77.8. The summed E-state index contributed by atoms with van der Waals surface area (Å²) < 4.78 is 150. The molecule has 5 aliphatic heterocycles. The van der Waals surface area contributed by atoms with Gasteiger partial charge in [0.15, 0.2) is 0 Å². The number of para-hydroxylation sites is 1. The highest BCUT2D eigenvalue weighted by Crippen LogP contribution is 2.45. The second kappa shape index (κ2) is 41.3. The Morgan fingerprint density at radius 2 is 0.630 bits per heavy atom. The predicted molar refractivity (Wildman–Crippen MR) is 523 cm³/mol. The molecule has 21 rings (SSSR count). The Morgan fingerprint density at radius 3 is 0.926 bits per heavy atom. The maximum atomic E-state index is 12.9. The van der Waals surface area contributed by atoms with Crippen LogP contribution in [0.3, 0.4) is 0 Å². The number of urea groups is 5. The highest BCUT2D eigenvalue weighted by atomic mass is 32.2. The van der Waals surface area contributed by atoms with E-state index < -0.39 is 113 Å². The number of aryl methyl sites for hydroxylation is 10. The number of fused-ring (bicyclic) bond motifs is 11. The van der Waals surface area contributed by atoms with Gasteiger partial charge in [-0.3, -0.25) is 9.69 Å². The van der Waals surface area contributed by atoms with Crippen molar-refractivity contribution in [3.05, 3.63) is 171 Å². The van der Waals surface area contributed by atoms with Crippen LogP contribution < -0.4 is 55.5 Å². The quantitative estimate of drug-likeness (QED) is 0.0381. The van der Waals surface area contributed by atoms with Crippen molar-refractivity contribution in [1.29, 1.82) is 0 Å². The maximum Gasteiger partial charge on any atom is 0.332 e. The highest BCUT2D eigenvalue weighted by Gasteiger charge is 2.42. The largest absolute Gasteiger partial charge is 0.383 e. The molecule has 4 fully saturated rings. The number of hydrogen-bond donors (Lipinski definition) is 11. The number of nitrogens with one attached hydrogen (secondary N) is 11. The lowest BCUT2D eigenvalue weighted by Gasteiger charge is -2.31. The molecule has 0 saturated carbocycles. The molecule has 0 radical (unpaired) electrons. The van der Waals surface area contributed by atoms with Crippen molar-refractivity contribution in [2.24, 2.45) is 0 Å². The topological polar surface area (TPSA) is 418 Å². The third kappa shape index (κ3) is 22.0. The van der Waals surface area contributed by atoms with E-state index in [9.17, 15) is 75.2 Å². The minimum Gasteiger partial charge on any atom is -0.383 e. The van der Waals surface area contributed by atoms with E-state index in [1.165, 1.54) is 112 Å². The zero-order chi connectivity index (χ0) is 94.8. The van der Waals surface area contributed by atoms with Crippen LogP contribution in [0.4, 0.5) is 62.5 Å². The number of rotatable bonds is 18. The number of hydrogen-bond acceptors (Lipinski definition) is 20. The second-order valence-electron chi connectivity index (χ2n) is 39.1. The molecular formula is C98H130FN15O16S5. The molecule has 0 aromatic heterocycles. The van der Waals surface area contributed by atoms with Crippen molar-refractivity contribution in [3.8, 4) is 0 Å². The maximum absolute atomic E-state index is 12.9. The normalized spacial score (nSPS) is 21.5. The van der Waals surface area contributed by atoms with Gasteiger partial charge in [-0.2, -0.15) is 0 Å². The summed E-state index contributed by atoms with van der Waals surface area (Å²) in [4.78, 5) is 81.6. The monoisotopic (exact) mass is 1950 g/mol. The van der Waals surface area contributed by atoms with Gasteiger partial charge in [0.2, 0.25) is 56.0 Å². The fourth-order valence-corrected chi connectivity index (χ4v) is 30.0. The van der Waals surface area contributed by atoms with Crippen LogP contribution in [0.15, 0.2) is 54.6 Å². The van der Waals surface area contributed by atoms with Gasteiger partial charge in [0.25, 0.3) is 0 Å². The van der Waals surface area contributed by atoms with Crippen LogP contribution >= 0.6 is 0 Å². The van der Waals surface area contributed by atoms with Gasteiger partial charge >= 0.3 is 30.2 Å². The highest BCUT2D eigenvalue weighted by molar-refractivity contribution is 7.92. The summed E-state index contributed by atoms with van der Waals surface area (Å²) in [6.07, 6.45) is 33.6. The molecular weight excluding hydrogens is 1820 g/mol. The average molecular weight is 1950 g/mol. The van der Waals surface area contributed by atoms with Gasteiger partial charge in [-0.15, -0.1) is 0 Å². The number of piperidine rings is 1. The first-order valence-electron chi connectivity index (χ1n) is 49.0. The van der Waals surface area contributed by atoms with Gasteiger partial charge in [-0.1, -0.05) is 55.5 Å². The standard InChI is InChI=1S/C22H25N3O3S.C20H28FN3O3S.C19H25N3O4S.C19H27N3O3S.C18H25N3O3S/c26-22(24-21-18-8-3-6-14(18)11-15-7-4-9-19(15)21)25-29(27,28)17-12-16-5-1-2-10-20(16)23-13-17;21-9-11-24-10-3-6-16(13-24)28(26,27)23-20(25)22-19-17-7-1-4-14(17)12-15-5-2-8-18(15)19;1-12(23)22-9-8-15(11-22)27(25,26)21-19(24)20-18-16-6-2-4-13(16)10-14-5-3-7-17(14)18;1-2-22-10-9-15(12-22)26(24,25)21-19(23)20-18-16-7-3-5-13(16)11-14-6-4-8-17(14)18;1-21-9-8-14(11-21)25(23,24)20-18(22)19-17-15-6-2-4-12(15)10-13-5-3-7-16(13)17/h1-2,5,10-11,17,23H,3-4,6-9,12-13H2,(H2,24,25,26);12,16H,1-11,13H2,(H2,22,23,25);10,15H,2-9,11H2,1H3,(H2,20,21,24);11,15H,2-10,12H2,1H3,(H2,20,21,23);10,14H,2-9,11H2,1H3,(H2,19,20,22). The van der Waals surface area contributed by atoms with Crippen molar-refractivity contribution in [1.82, 2.24) is 43.2 Å². The first-order chi connectivity index (χ1) is 64.7. The van der Waals surface area contributed by atoms with Gasteiger partial charge in [0.1, 0.15) is 11.9 Å². The summed E-state index contributed by atoms with van der Waals surface area (Å²) in [5.41, 5.74) is 31.0. The average Bonchev–Trinajstić information content (AvgIpc) is 1.65. The van der Waals surface area contributed by atoms with E-state index in [0.29, 0.717) is 64.7 Å². The van der Waals surface area contributed by atoms with Crippen LogP contribution in [0.5, 0.6) is 0 Å². The number of anilines is 6. The lowest BCUT2D eigenvalue weighted by Crippen LogP contribution is -2.49. The van der Waals surface area contributed by atoms with Crippen LogP contribution in [0.2, 0.25) is 0 Å². The molecule has 11 N–H and O–H groups in total. The third-order valence-electron chi connectivity index (χ3n) is 30.4. The molecule has 5 unspecified atom stereocenters. The van der Waals surface area contributed by atoms with Crippen LogP contribution in [-0.4, -0.2) is 210 Å². The zero-order valence-corrected chi connectivity index (χ0v) is 81.8. The molecule has 37 heteroatoms. The Labute approximate surface area is 793 Å². The summed E-state index contributed by atoms with van der Waals surface area (Å²) >= 11 is 0. The Bertz CT molecular complexity index is 6100. The van der Waals surface area contributed by atoms with Crippen molar-refractivity contribution >= 4 is 120 Å². The van der Waals surface area contributed by atoms with Gasteiger partial charge in [0, 0.05) is 86.9 Å². The SMILES string of the molecule is CC(=O)N1CCC(S(=O)(=O)NC(=O)Nc2c3c(cc4c2CCC4)CCC3)C1.CCN1CCC(S(=O)(=O)NC(=O)Nc2c3c(cc4c2CCC4)CCC3)C1.CN1CCC(S(=O)(=O)NC(=O)Nc2c3c(cc4c2CCC4)CCC3)C1.O=C(Nc1c2c(cc3c1CCC3)CCC2)NS(=O)(=O)C1CCCN(CCF)C1.O=C(Nc1c2c(cc3c1CCC3)CCC2)NS(=O)(=O)C1CNc2ccccc2C1. The Kier molecular flexibility index (Phi) is 29.7. The molecule has 6 aromatic carbocycles. The fraction of sp³-hybridized carbons (Fsp3) is 0.571. The molecule has 31 nitrogen and oxygen atoms in total. The first kappa shape index (κ1) is 97.2. The number of nitrogens with zero attached hydrogens (tertiary/aromatic N) is 4. The van der Waals surface area contributed by atoms with Gasteiger partial charge in [-0.05, 0) is 387 Å². The van der Waals surface area contributed by atoms with Crippen molar-refractivity contribution < 1.29 is 75.2 Å². The number of carbonyl (C=O) groups is 6. The number of benzene rings is 6. The van der Waals surface area contributed by atoms with Crippen LogP contribution in [-0.2, 0) is 190 Å². The Hall–Kier alpha value is -9.50. The molecule has 0 spiro atoms. The minimum atomic E-state index is -3.83. The lowest BCUT2D eigenvalue weighted by atomic mass is 9.99. The first-order valence-corrected chi connectivity index (χ1v) is 56.7. The van der Waals surface area contributed by atoms with Crippen molar-refractivity contribution in [3.63, 3.8) is 0 Å². The number of sulfonamides is 5. The summed E-state index contributed by atoms with van der Waals surface area (Å²) in [5.74, 6) is -0.146. The van der Waals surface area contributed by atoms with Crippen LogP contribution in [0, 0.1) is 0 Å². The van der Waals surface area contributed by atoms with E-state index in [4.69, 9.17) is 0 Å².